The average molecular weight is 255 g/mol. The molecule has 1 heterocycles. The topological polar surface area (TPSA) is 12.0 Å². The Morgan fingerprint density at radius 1 is 1.50 bits per heavy atom. The van der Waals surface area contributed by atoms with Gasteiger partial charge in [0.1, 0.15) is 0 Å². The van der Waals surface area contributed by atoms with Crippen LogP contribution in [0.15, 0.2) is 12.1 Å². The zero-order valence-corrected chi connectivity index (χ0v) is 11.8. The molecule has 0 amide bonds. The highest BCUT2D eigenvalue weighted by molar-refractivity contribution is 7.99. The summed E-state index contributed by atoms with van der Waals surface area (Å²) in [7, 11) is 0. The molecule has 0 aromatic carbocycles. The Balaban J connectivity index is 1.57. The van der Waals surface area contributed by atoms with E-state index in [1.54, 1.807) is 0 Å². The predicted octanol–water partition coefficient (Wildman–Crippen LogP) is 3.85. The highest BCUT2D eigenvalue weighted by atomic mass is 32.2. The minimum atomic E-state index is 0.514. The van der Waals surface area contributed by atoms with Crippen LogP contribution in [0.5, 0.6) is 0 Å². The lowest BCUT2D eigenvalue weighted by Gasteiger charge is -2.11. The molecule has 90 valence electrons. The van der Waals surface area contributed by atoms with E-state index in [1.165, 1.54) is 34.1 Å². The summed E-state index contributed by atoms with van der Waals surface area (Å²) in [5, 5.41) is 3.60. The Morgan fingerprint density at radius 2 is 2.31 bits per heavy atom. The van der Waals surface area contributed by atoms with Crippen LogP contribution in [0.4, 0.5) is 0 Å². The second kappa shape index (κ2) is 6.08. The summed E-state index contributed by atoms with van der Waals surface area (Å²) >= 11 is 4.01. The molecule has 16 heavy (non-hydrogen) atoms. The first-order valence-electron chi connectivity index (χ1n) is 6.13. The van der Waals surface area contributed by atoms with Crippen molar-refractivity contribution in [1.82, 2.24) is 5.32 Å². The highest BCUT2D eigenvalue weighted by Crippen LogP contribution is 2.32. The summed E-state index contributed by atoms with van der Waals surface area (Å²) < 4.78 is 0. The molecule has 0 aliphatic heterocycles. The van der Waals surface area contributed by atoms with Gasteiger partial charge in [0, 0.05) is 28.1 Å². The summed E-state index contributed by atoms with van der Waals surface area (Å²) in [6.07, 6.45) is 2.95. The molecule has 1 N–H and O–H groups in total. The van der Waals surface area contributed by atoms with Gasteiger partial charge in [-0.15, -0.1) is 11.3 Å². The number of hydrogen-bond donors (Lipinski definition) is 1. The molecule has 1 fully saturated rings. The number of thiophene rings is 1. The summed E-state index contributed by atoms with van der Waals surface area (Å²) in [6, 6.07) is 4.97. The summed E-state index contributed by atoms with van der Waals surface area (Å²) in [6.45, 7) is 5.57. The minimum Gasteiger partial charge on any atom is -0.309 e. The van der Waals surface area contributed by atoms with Crippen LogP contribution in [0.1, 0.15) is 35.6 Å². The first-order valence-corrected chi connectivity index (χ1v) is 8.10. The zero-order chi connectivity index (χ0) is 11.4. The van der Waals surface area contributed by atoms with Crippen molar-refractivity contribution in [3.8, 4) is 0 Å². The van der Waals surface area contributed by atoms with Crippen LogP contribution >= 0.6 is 23.1 Å². The van der Waals surface area contributed by atoms with E-state index in [0.29, 0.717) is 6.04 Å². The van der Waals surface area contributed by atoms with Gasteiger partial charge < -0.3 is 5.32 Å². The second-order valence-electron chi connectivity index (χ2n) is 4.64. The van der Waals surface area contributed by atoms with Crippen LogP contribution in [-0.2, 0) is 0 Å². The van der Waals surface area contributed by atoms with Gasteiger partial charge in [0.2, 0.25) is 0 Å². The van der Waals surface area contributed by atoms with Gasteiger partial charge >= 0.3 is 0 Å². The molecule has 0 radical (unpaired) electrons. The molecule has 0 bridgehead atoms. The lowest BCUT2D eigenvalue weighted by Crippen LogP contribution is -2.20. The molecule has 1 nitrogen and oxygen atoms in total. The average Bonchev–Trinajstić information content (AvgIpc) is 2.99. The molecule has 1 aromatic heterocycles. The van der Waals surface area contributed by atoms with Crippen molar-refractivity contribution < 1.29 is 0 Å². The quantitative estimate of drug-likeness (QED) is 0.743. The largest absolute Gasteiger partial charge is 0.309 e. The number of nitrogens with one attached hydrogen (secondary N) is 1. The van der Waals surface area contributed by atoms with E-state index < -0.39 is 0 Å². The van der Waals surface area contributed by atoms with Gasteiger partial charge in [0.15, 0.2) is 0 Å². The monoisotopic (exact) mass is 255 g/mol. The standard InChI is InChI=1S/C13H21NS2/c1-10-3-6-13(16-10)11(2)14-7-8-15-9-12-4-5-12/h3,6,11-12,14H,4-5,7-9H2,1-2H3. The van der Waals surface area contributed by atoms with Crippen molar-refractivity contribution in [3.05, 3.63) is 21.9 Å². The Morgan fingerprint density at radius 3 is 2.94 bits per heavy atom. The maximum Gasteiger partial charge on any atom is 0.0386 e. The van der Waals surface area contributed by atoms with Crippen molar-refractivity contribution in [3.63, 3.8) is 0 Å². The van der Waals surface area contributed by atoms with E-state index >= 15 is 0 Å². The van der Waals surface area contributed by atoms with Gasteiger partial charge in [-0.2, -0.15) is 11.8 Å². The lowest BCUT2D eigenvalue weighted by molar-refractivity contribution is 0.610. The molecule has 0 spiro atoms. The summed E-state index contributed by atoms with van der Waals surface area (Å²) in [5.74, 6) is 3.70. The summed E-state index contributed by atoms with van der Waals surface area (Å²) in [4.78, 5) is 2.87. The molecule has 1 saturated carbocycles. The molecule has 1 aliphatic carbocycles. The van der Waals surface area contributed by atoms with Crippen LogP contribution in [-0.4, -0.2) is 18.1 Å². The third-order valence-electron chi connectivity index (χ3n) is 2.94. The van der Waals surface area contributed by atoms with E-state index in [4.69, 9.17) is 0 Å². The molecule has 1 aliphatic rings. The third-order valence-corrected chi connectivity index (χ3v) is 5.32. The molecule has 2 rings (SSSR count). The van der Waals surface area contributed by atoms with Crippen molar-refractivity contribution in [2.75, 3.05) is 18.1 Å². The second-order valence-corrected chi connectivity index (χ2v) is 7.11. The van der Waals surface area contributed by atoms with Gasteiger partial charge in [-0.3, -0.25) is 0 Å². The van der Waals surface area contributed by atoms with Crippen molar-refractivity contribution in [2.45, 2.75) is 32.7 Å². The molecule has 1 atom stereocenters. The third kappa shape index (κ3) is 4.11. The maximum absolute atomic E-state index is 3.60. The van der Waals surface area contributed by atoms with Crippen LogP contribution in [0.2, 0.25) is 0 Å². The fourth-order valence-corrected chi connectivity index (χ4v) is 3.67. The van der Waals surface area contributed by atoms with Crippen molar-refractivity contribution in [1.29, 1.82) is 0 Å². The zero-order valence-electron chi connectivity index (χ0n) is 10.2. The Kier molecular flexibility index (Phi) is 4.74. The van der Waals surface area contributed by atoms with E-state index in [-0.39, 0.29) is 0 Å². The molecular weight excluding hydrogens is 234 g/mol. The molecular formula is C13H21NS2. The van der Waals surface area contributed by atoms with Crippen molar-refractivity contribution >= 4 is 23.1 Å². The SMILES string of the molecule is Cc1ccc(C(C)NCCSCC2CC2)s1. The number of rotatable bonds is 7. The van der Waals surface area contributed by atoms with Crippen LogP contribution in [0.25, 0.3) is 0 Å². The van der Waals surface area contributed by atoms with Crippen LogP contribution in [0.3, 0.4) is 0 Å². The number of aryl methyl sites for hydroxylation is 1. The van der Waals surface area contributed by atoms with Crippen LogP contribution < -0.4 is 5.32 Å². The van der Waals surface area contributed by atoms with Gasteiger partial charge in [0.25, 0.3) is 0 Å². The minimum absolute atomic E-state index is 0.514. The Bertz CT molecular complexity index is 317. The van der Waals surface area contributed by atoms with Gasteiger partial charge in [-0.25, -0.2) is 0 Å². The van der Waals surface area contributed by atoms with Crippen LogP contribution in [0, 0.1) is 12.8 Å². The lowest BCUT2D eigenvalue weighted by atomic mass is 10.3. The fraction of sp³-hybridized carbons (Fsp3) is 0.692. The van der Waals surface area contributed by atoms with E-state index in [1.807, 2.05) is 11.3 Å². The molecule has 3 heteroatoms. The van der Waals surface area contributed by atoms with Crippen molar-refractivity contribution in [2.24, 2.45) is 5.92 Å². The molecule has 1 unspecified atom stereocenters. The van der Waals surface area contributed by atoms with Gasteiger partial charge in [-0.1, -0.05) is 0 Å². The molecule has 0 saturated heterocycles. The smallest absolute Gasteiger partial charge is 0.0386 e. The number of hydrogen-bond acceptors (Lipinski definition) is 3. The summed E-state index contributed by atoms with van der Waals surface area (Å²) in [5.41, 5.74) is 0. The van der Waals surface area contributed by atoms with Gasteiger partial charge in [-0.05, 0) is 50.5 Å². The van der Waals surface area contributed by atoms with Gasteiger partial charge in [0.05, 0.1) is 0 Å². The normalized spacial score (nSPS) is 17.6. The van der Waals surface area contributed by atoms with E-state index in [0.717, 1.165) is 12.5 Å². The molecule has 1 aromatic rings. The first-order chi connectivity index (χ1) is 7.75. The highest BCUT2D eigenvalue weighted by Gasteiger charge is 2.20. The Hall–Kier alpha value is 0.01000. The maximum atomic E-state index is 3.60. The Labute approximate surface area is 107 Å². The fourth-order valence-electron chi connectivity index (χ4n) is 1.67. The number of thioether (sulfide) groups is 1. The first kappa shape index (κ1) is 12.5. The van der Waals surface area contributed by atoms with E-state index in [9.17, 15) is 0 Å². The van der Waals surface area contributed by atoms with E-state index in [2.05, 4.69) is 43.1 Å². The predicted molar refractivity (Wildman–Crippen MR) is 75.5 cm³/mol.